The summed E-state index contributed by atoms with van der Waals surface area (Å²) in [5, 5.41) is 6.46. The maximum absolute atomic E-state index is 13.4. The summed E-state index contributed by atoms with van der Waals surface area (Å²) in [4.78, 5) is 18.0. The minimum Gasteiger partial charge on any atom is -0.493 e. The van der Waals surface area contributed by atoms with Crippen molar-refractivity contribution < 1.29 is 13.9 Å². The number of halogens is 2. The van der Waals surface area contributed by atoms with Crippen LogP contribution in [0.15, 0.2) is 53.5 Å². The molecule has 0 fully saturated rings. The fourth-order valence-corrected chi connectivity index (χ4v) is 2.93. The van der Waals surface area contributed by atoms with Gasteiger partial charge in [0.15, 0.2) is 5.96 Å². The number of nitrogens with zero attached hydrogens (tertiary/aromatic N) is 2. The first-order valence-electron chi connectivity index (χ1n) is 9.24. The third-order valence-corrected chi connectivity index (χ3v) is 4.48. The lowest BCUT2D eigenvalue weighted by Gasteiger charge is -2.28. The first-order valence-corrected chi connectivity index (χ1v) is 9.24. The van der Waals surface area contributed by atoms with Crippen LogP contribution in [0.1, 0.15) is 23.6 Å². The molecular formula is C21H26FIN4O2. The molecule has 156 valence electrons. The number of benzene rings is 2. The molecule has 6 nitrogen and oxygen atoms in total. The predicted octanol–water partition coefficient (Wildman–Crippen LogP) is 3.09. The summed E-state index contributed by atoms with van der Waals surface area (Å²) in [6, 6.07) is 14.2. The van der Waals surface area contributed by atoms with Crippen LogP contribution in [-0.2, 0) is 11.3 Å². The molecule has 1 aliphatic heterocycles. The smallest absolute Gasteiger partial charge is 0.241 e. The second-order valence-electron chi connectivity index (χ2n) is 6.81. The number of carbonyl (C=O) groups is 1. The number of guanidine groups is 1. The number of hydrogen-bond acceptors (Lipinski definition) is 3. The number of fused-ring (bicyclic) bond motifs is 1. The number of amides is 1. The van der Waals surface area contributed by atoms with E-state index in [1.165, 1.54) is 17.0 Å². The third kappa shape index (κ3) is 6.59. The van der Waals surface area contributed by atoms with Crippen molar-refractivity contribution >= 4 is 35.8 Å². The maximum Gasteiger partial charge on any atom is 0.241 e. The highest BCUT2D eigenvalue weighted by molar-refractivity contribution is 14.0. The van der Waals surface area contributed by atoms with Crippen LogP contribution in [0.2, 0.25) is 0 Å². The molecule has 1 heterocycles. The zero-order chi connectivity index (χ0) is 19.9. The molecule has 2 aromatic carbocycles. The first-order chi connectivity index (χ1) is 13.5. The molecule has 8 heteroatoms. The van der Waals surface area contributed by atoms with E-state index in [1.807, 2.05) is 30.3 Å². The normalized spacial score (nSPS) is 15.4. The fraction of sp³-hybridized carbons (Fsp3) is 0.333. The van der Waals surface area contributed by atoms with Crippen LogP contribution in [-0.4, -0.2) is 44.0 Å². The summed E-state index contributed by atoms with van der Waals surface area (Å²) >= 11 is 0. The summed E-state index contributed by atoms with van der Waals surface area (Å²) < 4.78 is 19.1. The standard InChI is InChI=1S/C21H25FN4O2.HI/c1-26(2)20(27)14-24-21(23-13-15-6-5-7-16(22)12-15)25-18-10-11-28-19-9-4-3-8-17(18)19;/h3-9,12,18H,10-11,13-14H2,1-2H3,(H2,23,24,25);1H. The number of para-hydroxylation sites is 1. The number of ether oxygens (including phenoxy) is 1. The lowest BCUT2D eigenvalue weighted by molar-refractivity contribution is -0.127. The molecular weight excluding hydrogens is 486 g/mol. The first kappa shape index (κ1) is 22.9. The van der Waals surface area contributed by atoms with E-state index in [4.69, 9.17) is 4.74 Å². The highest BCUT2D eigenvalue weighted by atomic mass is 127. The van der Waals surface area contributed by atoms with Gasteiger partial charge in [-0.1, -0.05) is 30.3 Å². The highest BCUT2D eigenvalue weighted by Crippen LogP contribution is 2.31. The zero-order valence-corrected chi connectivity index (χ0v) is 18.9. The molecule has 0 saturated heterocycles. The van der Waals surface area contributed by atoms with Crippen molar-refractivity contribution in [1.29, 1.82) is 0 Å². The Morgan fingerprint density at radius 3 is 2.79 bits per heavy atom. The number of carbonyl (C=O) groups excluding carboxylic acids is 1. The van der Waals surface area contributed by atoms with Gasteiger partial charge in [0.25, 0.3) is 0 Å². The molecule has 0 aliphatic carbocycles. The Balaban J connectivity index is 0.00000300. The Bertz CT molecular complexity index is 860. The average molecular weight is 512 g/mol. The van der Waals surface area contributed by atoms with Gasteiger partial charge in [-0.15, -0.1) is 24.0 Å². The van der Waals surface area contributed by atoms with Gasteiger partial charge < -0.3 is 20.3 Å². The van der Waals surface area contributed by atoms with Crippen LogP contribution >= 0.6 is 24.0 Å². The second kappa shape index (κ2) is 11.0. The largest absolute Gasteiger partial charge is 0.493 e. The van der Waals surface area contributed by atoms with Crippen LogP contribution in [0.5, 0.6) is 5.75 Å². The average Bonchev–Trinajstić information content (AvgIpc) is 2.70. The third-order valence-electron chi connectivity index (χ3n) is 4.48. The number of likely N-dealkylation sites (N-methyl/N-ethyl adjacent to an activating group) is 1. The predicted molar refractivity (Wildman–Crippen MR) is 122 cm³/mol. The molecule has 2 aromatic rings. The molecule has 0 bridgehead atoms. The summed E-state index contributed by atoms with van der Waals surface area (Å²) in [5.41, 5.74) is 1.81. The minimum absolute atomic E-state index is 0. The van der Waals surface area contributed by atoms with Crippen molar-refractivity contribution in [3.8, 4) is 5.75 Å². The Morgan fingerprint density at radius 1 is 1.24 bits per heavy atom. The van der Waals surface area contributed by atoms with E-state index >= 15 is 0 Å². The van der Waals surface area contributed by atoms with E-state index in [2.05, 4.69) is 15.6 Å². The Labute approximate surface area is 187 Å². The SMILES string of the molecule is CN(C)C(=O)CNC(=NCc1cccc(F)c1)NC1CCOc2ccccc21.I. The van der Waals surface area contributed by atoms with E-state index in [9.17, 15) is 9.18 Å². The lowest BCUT2D eigenvalue weighted by atomic mass is 10.0. The Morgan fingerprint density at radius 2 is 2.03 bits per heavy atom. The molecule has 0 saturated carbocycles. The zero-order valence-electron chi connectivity index (χ0n) is 16.5. The molecule has 3 rings (SSSR count). The van der Waals surface area contributed by atoms with Crippen LogP contribution in [0.4, 0.5) is 4.39 Å². The van der Waals surface area contributed by atoms with Gasteiger partial charge in [0, 0.05) is 26.1 Å². The van der Waals surface area contributed by atoms with Crippen LogP contribution in [0, 0.1) is 5.82 Å². The van der Waals surface area contributed by atoms with Gasteiger partial charge in [-0.05, 0) is 23.8 Å². The summed E-state index contributed by atoms with van der Waals surface area (Å²) in [5.74, 6) is 0.991. The van der Waals surface area contributed by atoms with Crippen LogP contribution < -0.4 is 15.4 Å². The number of aliphatic imine (C=N–C) groups is 1. The maximum atomic E-state index is 13.4. The van der Waals surface area contributed by atoms with E-state index < -0.39 is 0 Å². The van der Waals surface area contributed by atoms with Gasteiger partial charge in [-0.3, -0.25) is 4.79 Å². The van der Waals surface area contributed by atoms with Crippen LogP contribution in [0.3, 0.4) is 0 Å². The quantitative estimate of drug-likeness (QED) is 0.367. The second-order valence-corrected chi connectivity index (χ2v) is 6.81. The van der Waals surface area contributed by atoms with Gasteiger partial charge in [0.05, 0.1) is 25.7 Å². The van der Waals surface area contributed by atoms with E-state index in [-0.39, 0.29) is 48.3 Å². The summed E-state index contributed by atoms with van der Waals surface area (Å²) in [6.45, 7) is 1.02. The van der Waals surface area contributed by atoms with E-state index in [1.54, 1.807) is 20.2 Å². The molecule has 0 radical (unpaired) electrons. The summed E-state index contributed by atoms with van der Waals surface area (Å²) in [7, 11) is 3.41. The summed E-state index contributed by atoms with van der Waals surface area (Å²) in [6.07, 6.45) is 0.777. The molecule has 2 N–H and O–H groups in total. The van der Waals surface area contributed by atoms with Crippen molar-refractivity contribution in [2.45, 2.75) is 19.0 Å². The van der Waals surface area contributed by atoms with Crippen molar-refractivity contribution in [2.24, 2.45) is 4.99 Å². The van der Waals surface area contributed by atoms with Gasteiger partial charge in [0.1, 0.15) is 11.6 Å². The molecule has 1 atom stereocenters. The van der Waals surface area contributed by atoms with E-state index in [0.717, 1.165) is 23.3 Å². The van der Waals surface area contributed by atoms with Gasteiger partial charge in [-0.2, -0.15) is 0 Å². The lowest BCUT2D eigenvalue weighted by Crippen LogP contribution is -2.45. The molecule has 1 amide bonds. The molecule has 29 heavy (non-hydrogen) atoms. The van der Waals surface area contributed by atoms with Crippen LogP contribution in [0.25, 0.3) is 0 Å². The fourth-order valence-electron chi connectivity index (χ4n) is 2.93. The van der Waals surface area contributed by atoms with Gasteiger partial charge >= 0.3 is 0 Å². The molecule has 0 aromatic heterocycles. The Hall–Kier alpha value is -2.36. The van der Waals surface area contributed by atoms with Crippen molar-refractivity contribution in [3.05, 3.63) is 65.5 Å². The number of rotatable bonds is 5. The minimum atomic E-state index is -0.295. The Kier molecular flexibility index (Phi) is 8.69. The van der Waals surface area contributed by atoms with Crippen molar-refractivity contribution in [2.75, 3.05) is 27.2 Å². The monoisotopic (exact) mass is 512 g/mol. The molecule has 0 spiro atoms. The number of nitrogens with one attached hydrogen (secondary N) is 2. The highest BCUT2D eigenvalue weighted by Gasteiger charge is 2.22. The number of hydrogen-bond donors (Lipinski definition) is 2. The van der Waals surface area contributed by atoms with Gasteiger partial charge in [-0.25, -0.2) is 9.38 Å². The van der Waals surface area contributed by atoms with Gasteiger partial charge in [0.2, 0.25) is 5.91 Å². The van der Waals surface area contributed by atoms with Crippen molar-refractivity contribution in [3.63, 3.8) is 0 Å². The van der Waals surface area contributed by atoms with E-state index in [0.29, 0.717) is 19.1 Å². The molecule has 1 aliphatic rings. The topological polar surface area (TPSA) is 66.0 Å². The van der Waals surface area contributed by atoms with Crippen molar-refractivity contribution in [1.82, 2.24) is 15.5 Å². The molecule has 1 unspecified atom stereocenters.